The van der Waals surface area contributed by atoms with Gasteiger partial charge in [0.25, 0.3) is 0 Å². The second-order valence-corrected chi connectivity index (χ2v) is 5.36. The van der Waals surface area contributed by atoms with E-state index in [0.29, 0.717) is 5.92 Å². The molecule has 2 heterocycles. The van der Waals surface area contributed by atoms with Crippen LogP contribution in [0.25, 0.3) is 0 Å². The predicted molar refractivity (Wildman–Crippen MR) is 62.2 cm³/mol. The molecular weight excluding hydrogens is 204 g/mol. The molecular formula is C12H22N2O2. The highest BCUT2D eigenvalue weighted by Gasteiger charge is 2.35. The van der Waals surface area contributed by atoms with E-state index in [1.54, 1.807) is 0 Å². The van der Waals surface area contributed by atoms with Crippen molar-refractivity contribution in [3.8, 4) is 0 Å². The number of amides is 1. The van der Waals surface area contributed by atoms with Gasteiger partial charge in [-0.15, -0.1) is 0 Å². The Hall–Kier alpha value is -0.610. The molecule has 4 nitrogen and oxygen atoms in total. The first-order chi connectivity index (χ1) is 7.61. The number of carbonyl (C=O) groups excluding carboxylic acids is 1. The Kier molecular flexibility index (Phi) is 3.50. The fourth-order valence-corrected chi connectivity index (χ4v) is 2.51. The Bertz CT molecular complexity index is 262. The van der Waals surface area contributed by atoms with Crippen LogP contribution < -0.4 is 10.6 Å². The number of nitrogens with one attached hydrogen (secondary N) is 2. The molecule has 2 rings (SSSR count). The summed E-state index contributed by atoms with van der Waals surface area (Å²) in [6.45, 7) is 6.72. The molecule has 0 saturated carbocycles. The Morgan fingerprint density at radius 1 is 1.44 bits per heavy atom. The van der Waals surface area contributed by atoms with Crippen LogP contribution in [0.1, 0.15) is 33.1 Å². The van der Waals surface area contributed by atoms with Crippen molar-refractivity contribution in [1.82, 2.24) is 10.6 Å². The fraction of sp³-hybridized carbons (Fsp3) is 0.917. The highest BCUT2D eigenvalue weighted by Crippen LogP contribution is 2.21. The highest BCUT2D eigenvalue weighted by atomic mass is 16.5. The lowest BCUT2D eigenvalue weighted by Gasteiger charge is -2.35. The van der Waals surface area contributed by atoms with Gasteiger partial charge in [0.15, 0.2) is 0 Å². The molecule has 4 heteroatoms. The van der Waals surface area contributed by atoms with Gasteiger partial charge in [0.05, 0.1) is 6.04 Å². The molecule has 2 aliphatic heterocycles. The largest absolute Gasteiger partial charge is 0.381 e. The summed E-state index contributed by atoms with van der Waals surface area (Å²) in [5.74, 6) is 0.609. The predicted octanol–water partition coefficient (Wildman–Crippen LogP) is 0.670. The van der Waals surface area contributed by atoms with Gasteiger partial charge in [-0.05, 0) is 38.6 Å². The molecule has 0 aromatic carbocycles. The van der Waals surface area contributed by atoms with Crippen LogP contribution in [0.5, 0.6) is 0 Å². The van der Waals surface area contributed by atoms with E-state index in [1.807, 2.05) is 0 Å². The zero-order chi connectivity index (χ0) is 11.6. The van der Waals surface area contributed by atoms with Gasteiger partial charge in [-0.2, -0.15) is 0 Å². The minimum absolute atomic E-state index is 0.000306. The lowest BCUT2D eigenvalue weighted by atomic mass is 9.91. The molecule has 0 radical (unpaired) electrons. The van der Waals surface area contributed by atoms with Crippen molar-refractivity contribution in [1.29, 1.82) is 0 Å². The average molecular weight is 226 g/mol. The first kappa shape index (κ1) is 11.9. The molecule has 2 unspecified atom stereocenters. The molecule has 0 spiro atoms. The normalized spacial score (nSPS) is 33.6. The van der Waals surface area contributed by atoms with Crippen LogP contribution >= 0.6 is 0 Å². The van der Waals surface area contributed by atoms with Crippen LogP contribution in [-0.2, 0) is 9.53 Å². The lowest BCUT2D eigenvalue weighted by Crippen LogP contribution is -2.55. The van der Waals surface area contributed by atoms with Crippen molar-refractivity contribution in [3.63, 3.8) is 0 Å². The molecule has 2 N–H and O–H groups in total. The topological polar surface area (TPSA) is 50.4 Å². The monoisotopic (exact) mass is 226 g/mol. The Morgan fingerprint density at radius 2 is 2.12 bits per heavy atom. The summed E-state index contributed by atoms with van der Waals surface area (Å²) >= 11 is 0. The van der Waals surface area contributed by atoms with Gasteiger partial charge in [0.2, 0.25) is 5.91 Å². The number of hydrogen-bond acceptors (Lipinski definition) is 3. The van der Waals surface area contributed by atoms with Crippen molar-refractivity contribution < 1.29 is 9.53 Å². The Labute approximate surface area is 97.1 Å². The highest BCUT2D eigenvalue weighted by molar-refractivity contribution is 5.83. The quantitative estimate of drug-likeness (QED) is 0.727. The Morgan fingerprint density at radius 3 is 2.69 bits per heavy atom. The second kappa shape index (κ2) is 4.72. The first-order valence-corrected chi connectivity index (χ1v) is 6.24. The zero-order valence-corrected chi connectivity index (χ0v) is 10.2. The van der Waals surface area contributed by atoms with Gasteiger partial charge in [0, 0.05) is 18.8 Å². The number of rotatable bonds is 2. The smallest absolute Gasteiger partial charge is 0.237 e. The molecule has 0 aromatic heterocycles. The standard InChI is InChI=1S/C12H22N2O2/c1-9-3-6-13-10(9)11(15)14-12(2)4-7-16-8-5-12/h9-10,13H,3-8H2,1-2H3,(H,14,15). The van der Waals surface area contributed by atoms with Crippen molar-refractivity contribution in [2.75, 3.05) is 19.8 Å². The third-order valence-electron chi connectivity index (χ3n) is 3.84. The third-order valence-corrected chi connectivity index (χ3v) is 3.84. The van der Waals surface area contributed by atoms with Gasteiger partial charge in [0.1, 0.15) is 0 Å². The summed E-state index contributed by atoms with van der Waals surface area (Å²) in [6.07, 6.45) is 2.93. The van der Waals surface area contributed by atoms with E-state index in [9.17, 15) is 4.79 Å². The fourth-order valence-electron chi connectivity index (χ4n) is 2.51. The number of carbonyl (C=O) groups is 1. The van der Waals surface area contributed by atoms with Crippen LogP contribution in [-0.4, -0.2) is 37.2 Å². The van der Waals surface area contributed by atoms with E-state index in [4.69, 9.17) is 4.74 Å². The van der Waals surface area contributed by atoms with Gasteiger partial charge in [-0.3, -0.25) is 4.79 Å². The van der Waals surface area contributed by atoms with Gasteiger partial charge < -0.3 is 15.4 Å². The molecule has 16 heavy (non-hydrogen) atoms. The van der Waals surface area contributed by atoms with E-state index in [0.717, 1.165) is 39.0 Å². The minimum atomic E-state index is -0.0701. The van der Waals surface area contributed by atoms with Crippen LogP contribution in [0.15, 0.2) is 0 Å². The first-order valence-electron chi connectivity index (χ1n) is 6.24. The molecule has 0 aliphatic carbocycles. The van der Waals surface area contributed by atoms with E-state index in [1.165, 1.54) is 0 Å². The summed E-state index contributed by atoms with van der Waals surface area (Å²) in [5, 5.41) is 6.46. The maximum Gasteiger partial charge on any atom is 0.237 e. The number of ether oxygens (including phenoxy) is 1. The van der Waals surface area contributed by atoms with E-state index in [-0.39, 0.29) is 17.5 Å². The average Bonchev–Trinajstić information content (AvgIpc) is 2.65. The summed E-state index contributed by atoms with van der Waals surface area (Å²) in [5.41, 5.74) is -0.0701. The molecule has 0 bridgehead atoms. The van der Waals surface area contributed by atoms with Gasteiger partial charge in [-0.1, -0.05) is 6.92 Å². The Balaban J connectivity index is 1.90. The van der Waals surface area contributed by atoms with Crippen molar-refractivity contribution >= 4 is 5.91 Å². The zero-order valence-electron chi connectivity index (χ0n) is 10.2. The van der Waals surface area contributed by atoms with Crippen molar-refractivity contribution in [2.24, 2.45) is 5.92 Å². The van der Waals surface area contributed by atoms with Gasteiger partial charge >= 0.3 is 0 Å². The summed E-state index contributed by atoms with van der Waals surface area (Å²) in [6, 6.07) is -0.000306. The molecule has 1 amide bonds. The van der Waals surface area contributed by atoms with E-state index < -0.39 is 0 Å². The summed E-state index contributed by atoms with van der Waals surface area (Å²) in [7, 11) is 0. The molecule has 92 valence electrons. The van der Waals surface area contributed by atoms with E-state index in [2.05, 4.69) is 24.5 Å². The molecule has 2 fully saturated rings. The van der Waals surface area contributed by atoms with Crippen molar-refractivity contribution in [3.05, 3.63) is 0 Å². The molecule has 2 atom stereocenters. The summed E-state index contributed by atoms with van der Waals surface area (Å²) < 4.78 is 5.33. The minimum Gasteiger partial charge on any atom is -0.381 e. The third kappa shape index (κ3) is 2.55. The molecule has 2 aliphatic rings. The maximum atomic E-state index is 12.1. The van der Waals surface area contributed by atoms with Gasteiger partial charge in [-0.25, -0.2) is 0 Å². The van der Waals surface area contributed by atoms with Crippen LogP contribution in [0.4, 0.5) is 0 Å². The molecule has 0 aromatic rings. The van der Waals surface area contributed by atoms with Crippen molar-refractivity contribution in [2.45, 2.75) is 44.7 Å². The van der Waals surface area contributed by atoms with Crippen LogP contribution in [0.2, 0.25) is 0 Å². The summed E-state index contributed by atoms with van der Waals surface area (Å²) in [4.78, 5) is 12.1. The second-order valence-electron chi connectivity index (χ2n) is 5.36. The maximum absolute atomic E-state index is 12.1. The SMILES string of the molecule is CC1CCNC1C(=O)NC1(C)CCOCC1. The lowest BCUT2D eigenvalue weighted by molar-refractivity contribution is -0.126. The van der Waals surface area contributed by atoms with Crippen LogP contribution in [0, 0.1) is 5.92 Å². The van der Waals surface area contributed by atoms with E-state index >= 15 is 0 Å². The molecule has 2 saturated heterocycles. The van der Waals surface area contributed by atoms with Crippen LogP contribution in [0.3, 0.4) is 0 Å². The number of hydrogen-bond donors (Lipinski definition) is 2.